The Kier molecular flexibility index (Phi) is 4.12. The lowest BCUT2D eigenvalue weighted by Crippen LogP contribution is -2.23. The zero-order valence-electron chi connectivity index (χ0n) is 9.44. The van der Waals surface area contributed by atoms with Gasteiger partial charge in [0.15, 0.2) is 0 Å². The van der Waals surface area contributed by atoms with E-state index in [0.717, 1.165) is 5.56 Å². The number of carbonyl (C=O) groups is 1. The van der Waals surface area contributed by atoms with E-state index in [9.17, 15) is 4.79 Å². The summed E-state index contributed by atoms with van der Waals surface area (Å²) >= 11 is 10.8. The van der Waals surface area contributed by atoms with E-state index < -0.39 is 0 Å². The number of halogens is 1. The number of hydrogen-bond acceptors (Lipinski definition) is 2. The van der Waals surface area contributed by atoms with Gasteiger partial charge < -0.3 is 10.3 Å². The van der Waals surface area contributed by atoms with Crippen molar-refractivity contribution in [3.63, 3.8) is 0 Å². The molecule has 0 unspecified atom stereocenters. The highest BCUT2D eigenvalue weighted by Gasteiger charge is 2.06. The van der Waals surface area contributed by atoms with E-state index in [-0.39, 0.29) is 5.91 Å². The fourth-order valence-electron chi connectivity index (χ4n) is 1.48. The zero-order valence-corrected chi connectivity index (χ0v) is 11.0. The number of carbonyl (C=O) groups excluding carboxylic acids is 1. The number of nitrogens with one attached hydrogen (secondary N) is 2. The van der Waals surface area contributed by atoms with Gasteiger partial charge in [-0.1, -0.05) is 36.0 Å². The van der Waals surface area contributed by atoms with Crippen molar-refractivity contribution in [2.45, 2.75) is 6.54 Å². The molecule has 0 radical (unpaired) electrons. The minimum Gasteiger partial charge on any atom is -0.352 e. The number of amides is 1. The van der Waals surface area contributed by atoms with Gasteiger partial charge in [-0.25, -0.2) is 0 Å². The smallest absolute Gasteiger partial charge is 0.254 e. The lowest BCUT2D eigenvalue weighted by molar-refractivity contribution is 0.0950. The van der Waals surface area contributed by atoms with E-state index in [1.54, 1.807) is 30.5 Å². The first-order valence-electron chi connectivity index (χ1n) is 5.37. The predicted molar refractivity (Wildman–Crippen MR) is 74.2 cm³/mol. The highest BCUT2D eigenvalue weighted by atomic mass is 35.5. The van der Waals surface area contributed by atoms with Crippen LogP contribution in [0.2, 0.25) is 5.02 Å². The van der Waals surface area contributed by atoms with E-state index in [2.05, 4.69) is 10.3 Å². The predicted octanol–water partition coefficient (Wildman–Crippen LogP) is 3.33. The Morgan fingerprint density at radius 3 is 2.67 bits per heavy atom. The molecule has 0 saturated heterocycles. The Hall–Kier alpha value is -1.65. The molecule has 0 bridgehead atoms. The summed E-state index contributed by atoms with van der Waals surface area (Å²) in [6.45, 7) is 0.444. The molecule has 5 heteroatoms. The molecule has 2 N–H and O–H groups in total. The number of hydrogen-bond donors (Lipinski definition) is 2. The molecule has 3 nitrogen and oxygen atoms in total. The molecule has 0 aliphatic carbocycles. The summed E-state index contributed by atoms with van der Waals surface area (Å²) < 4.78 is 0.436. The maximum Gasteiger partial charge on any atom is 0.254 e. The van der Waals surface area contributed by atoms with Gasteiger partial charge in [-0.3, -0.25) is 4.79 Å². The second-order valence-corrected chi connectivity index (χ2v) is 4.57. The van der Waals surface area contributed by atoms with Crippen molar-refractivity contribution < 1.29 is 4.79 Å². The van der Waals surface area contributed by atoms with Crippen LogP contribution in [0, 0.1) is 4.64 Å². The molecule has 92 valence electrons. The van der Waals surface area contributed by atoms with Crippen molar-refractivity contribution in [2.75, 3.05) is 0 Å². The summed E-state index contributed by atoms with van der Waals surface area (Å²) in [5.74, 6) is -0.188. The van der Waals surface area contributed by atoms with Gasteiger partial charge in [0, 0.05) is 17.8 Å². The Labute approximate surface area is 115 Å². The van der Waals surface area contributed by atoms with Crippen LogP contribution in [0.15, 0.2) is 42.6 Å². The summed E-state index contributed by atoms with van der Waals surface area (Å²) in [4.78, 5) is 14.7. The molecule has 0 fully saturated rings. The van der Waals surface area contributed by atoms with Gasteiger partial charge in [-0.05, 0) is 29.8 Å². The number of aromatic nitrogens is 1. The topological polar surface area (TPSA) is 44.9 Å². The molecular formula is C13H11ClN2OS. The first-order valence-corrected chi connectivity index (χ1v) is 6.16. The van der Waals surface area contributed by atoms with E-state index in [1.165, 1.54) is 0 Å². The van der Waals surface area contributed by atoms with Gasteiger partial charge in [0.05, 0.1) is 5.56 Å². The molecule has 1 heterocycles. The molecule has 2 rings (SSSR count). The molecule has 18 heavy (non-hydrogen) atoms. The van der Waals surface area contributed by atoms with Crippen molar-refractivity contribution >= 4 is 29.7 Å². The summed E-state index contributed by atoms with van der Waals surface area (Å²) in [6, 6.07) is 10.8. The van der Waals surface area contributed by atoms with Gasteiger partial charge in [-0.15, -0.1) is 0 Å². The van der Waals surface area contributed by atoms with Crippen LogP contribution in [-0.2, 0) is 6.54 Å². The standard InChI is InChI=1S/C13H11ClN2OS/c14-10-5-3-9(4-6-10)8-16-12(17)11-2-1-7-15-13(11)18/h1-7H,8H2,(H,15,18)(H,16,17). The molecule has 0 aliphatic heterocycles. The van der Waals surface area contributed by atoms with Crippen molar-refractivity contribution in [1.29, 1.82) is 0 Å². The van der Waals surface area contributed by atoms with Gasteiger partial charge in [0.1, 0.15) is 4.64 Å². The van der Waals surface area contributed by atoms with Crippen LogP contribution in [0.5, 0.6) is 0 Å². The first-order chi connectivity index (χ1) is 8.66. The first kappa shape index (κ1) is 12.8. The second kappa shape index (κ2) is 5.80. The Morgan fingerprint density at radius 1 is 1.28 bits per heavy atom. The van der Waals surface area contributed by atoms with Crippen LogP contribution in [0.25, 0.3) is 0 Å². The van der Waals surface area contributed by atoms with Crippen molar-refractivity contribution in [3.05, 3.63) is 63.4 Å². The van der Waals surface area contributed by atoms with Crippen molar-refractivity contribution in [3.8, 4) is 0 Å². The van der Waals surface area contributed by atoms with Crippen LogP contribution in [-0.4, -0.2) is 10.9 Å². The molecular weight excluding hydrogens is 268 g/mol. The maximum atomic E-state index is 11.9. The van der Waals surface area contributed by atoms with Crippen LogP contribution in [0.1, 0.15) is 15.9 Å². The highest BCUT2D eigenvalue weighted by molar-refractivity contribution is 7.71. The third kappa shape index (κ3) is 3.18. The normalized spacial score (nSPS) is 10.1. The van der Waals surface area contributed by atoms with Crippen LogP contribution in [0.4, 0.5) is 0 Å². The Bertz CT molecular complexity index is 607. The molecule has 1 aromatic carbocycles. The molecule has 0 aliphatic rings. The molecule has 0 atom stereocenters. The zero-order chi connectivity index (χ0) is 13.0. The summed E-state index contributed by atoms with van der Waals surface area (Å²) in [5, 5.41) is 3.48. The van der Waals surface area contributed by atoms with Crippen LogP contribution >= 0.6 is 23.8 Å². The van der Waals surface area contributed by atoms with Gasteiger partial charge in [-0.2, -0.15) is 0 Å². The maximum absolute atomic E-state index is 11.9. The minimum atomic E-state index is -0.188. The average Bonchev–Trinajstić information content (AvgIpc) is 2.38. The average molecular weight is 279 g/mol. The van der Waals surface area contributed by atoms with E-state index in [1.807, 2.05) is 12.1 Å². The van der Waals surface area contributed by atoms with Gasteiger partial charge in [0.25, 0.3) is 5.91 Å². The Balaban J connectivity index is 2.03. The number of rotatable bonds is 3. The number of benzene rings is 1. The quantitative estimate of drug-likeness (QED) is 0.846. The lowest BCUT2D eigenvalue weighted by Gasteiger charge is -2.05. The summed E-state index contributed by atoms with van der Waals surface area (Å²) in [5.41, 5.74) is 1.46. The minimum absolute atomic E-state index is 0.188. The summed E-state index contributed by atoms with van der Waals surface area (Å²) in [6.07, 6.45) is 1.69. The summed E-state index contributed by atoms with van der Waals surface area (Å²) in [7, 11) is 0. The Morgan fingerprint density at radius 2 is 2.00 bits per heavy atom. The van der Waals surface area contributed by atoms with E-state index in [0.29, 0.717) is 21.8 Å². The fraction of sp³-hybridized carbons (Fsp3) is 0.0769. The van der Waals surface area contributed by atoms with Crippen molar-refractivity contribution in [1.82, 2.24) is 10.3 Å². The third-order valence-corrected chi connectivity index (χ3v) is 3.02. The van der Waals surface area contributed by atoms with Crippen LogP contribution in [0.3, 0.4) is 0 Å². The van der Waals surface area contributed by atoms with Crippen LogP contribution < -0.4 is 5.32 Å². The number of H-pyrrole nitrogens is 1. The number of pyridine rings is 1. The second-order valence-electron chi connectivity index (χ2n) is 3.72. The molecule has 1 amide bonds. The monoisotopic (exact) mass is 278 g/mol. The van der Waals surface area contributed by atoms with E-state index >= 15 is 0 Å². The van der Waals surface area contributed by atoms with E-state index in [4.69, 9.17) is 23.8 Å². The number of aromatic amines is 1. The molecule has 0 spiro atoms. The SMILES string of the molecule is O=C(NCc1ccc(Cl)cc1)c1ccc[nH]c1=S. The molecule has 0 saturated carbocycles. The molecule has 1 aromatic heterocycles. The van der Waals surface area contributed by atoms with Gasteiger partial charge >= 0.3 is 0 Å². The molecule has 2 aromatic rings. The van der Waals surface area contributed by atoms with Gasteiger partial charge in [0.2, 0.25) is 0 Å². The lowest BCUT2D eigenvalue weighted by atomic mass is 10.2. The third-order valence-electron chi connectivity index (χ3n) is 2.43. The van der Waals surface area contributed by atoms with Crippen molar-refractivity contribution in [2.24, 2.45) is 0 Å². The fourth-order valence-corrected chi connectivity index (χ4v) is 1.83. The highest BCUT2D eigenvalue weighted by Crippen LogP contribution is 2.09. The largest absolute Gasteiger partial charge is 0.352 e.